The summed E-state index contributed by atoms with van der Waals surface area (Å²) in [6, 6.07) is 12.7. The summed E-state index contributed by atoms with van der Waals surface area (Å²) in [4.78, 5) is 42.4. The molecule has 2 aliphatic heterocycles. The number of aromatic nitrogens is 1. The first-order valence-electron chi connectivity index (χ1n) is 11.4. The molecule has 0 aliphatic carbocycles. The summed E-state index contributed by atoms with van der Waals surface area (Å²) in [6.07, 6.45) is 6.84. The van der Waals surface area contributed by atoms with Crippen LogP contribution in [0.1, 0.15) is 31.7 Å². The Kier molecular flexibility index (Phi) is 6.79. The van der Waals surface area contributed by atoms with Gasteiger partial charge in [-0.15, -0.1) is 0 Å². The normalized spacial score (nSPS) is 19.9. The van der Waals surface area contributed by atoms with E-state index in [-0.39, 0.29) is 29.6 Å². The average Bonchev–Trinajstić information content (AvgIpc) is 3.30. The monoisotopic (exact) mass is 571 g/mol. The van der Waals surface area contributed by atoms with E-state index in [0.717, 1.165) is 63.4 Å². The Balaban J connectivity index is 1.48. The maximum atomic E-state index is 13.1. The third-order valence-electron chi connectivity index (χ3n) is 6.47. The van der Waals surface area contributed by atoms with Crippen LogP contribution in [0.15, 0.2) is 58.0 Å². The van der Waals surface area contributed by atoms with E-state index in [1.165, 1.54) is 0 Å². The number of carbonyl (C=O) groups excluding carboxylic acids is 3. The number of halogens is 2. The van der Waals surface area contributed by atoms with Gasteiger partial charge >= 0.3 is 0 Å². The fraction of sp³-hybridized carbons (Fsp3) is 0.269. The second kappa shape index (κ2) is 9.84. The highest BCUT2D eigenvalue weighted by molar-refractivity contribution is 9.10. The summed E-state index contributed by atoms with van der Waals surface area (Å²) in [5, 5.41) is 1.07. The van der Waals surface area contributed by atoms with Gasteiger partial charge in [0.1, 0.15) is 6.54 Å². The molecule has 1 aromatic heterocycles. The summed E-state index contributed by atoms with van der Waals surface area (Å²) in [5.41, 5.74) is 2.16. The van der Waals surface area contributed by atoms with Crippen molar-refractivity contribution in [2.24, 2.45) is 0 Å². The van der Waals surface area contributed by atoms with Gasteiger partial charge in [-0.2, -0.15) is 0 Å². The van der Waals surface area contributed by atoms with Crippen molar-refractivity contribution in [2.75, 3.05) is 11.4 Å². The molecule has 35 heavy (non-hydrogen) atoms. The zero-order valence-electron chi connectivity index (χ0n) is 19.0. The molecule has 0 N–H and O–H groups in total. The first-order chi connectivity index (χ1) is 16.8. The van der Waals surface area contributed by atoms with Gasteiger partial charge in [-0.05, 0) is 86.5 Å². The largest absolute Gasteiger partial charge is 0.338 e. The predicted octanol–water partition coefficient (Wildman–Crippen LogP) is 6.70. The van der Waals surface area contributed by atoms with E-state index in [0.29, 0.717) is 15.6 Å². The van der Waals surface area contributed by atoms with Crippen molar-refractivity contribution in [3.8, 4) is 0 Å². The number of imide groups is 1. The lowest BCUT2D eigenvalue weighted by molar-refractivity contribution is -0.135. The fourth-order valence-corrected chi connectivity index (χ4v) is 5.99. The van der Waals surface area contributed by atoms with E-state index in [2.05, 4.69) is 22.9 Å². The lowest BCUT2D eigenvalue weighted by atomic mass is 10.0. The molecule has 0 radical (unpaired) electrons. The summed E-state index contributed by atoms with van der Waals surface area (Å²) in [6.45, 7) is 3.11. The van der Waals surface area contributed by atoms with Gasteiger partial charge in [0, 0.05) is 44.7 Å². The van der Waals surface area contributed by atoms with Gasteiger partial charge < -0.3 is 9.47 Å². The van der Waals surface area contributed by atoms with Crippen LogP contribution in [-0.4, -0.2) is 39.1 Å². The van der Waals surface area contributed by atoms with E-state index >= 15 is 0 Å². The van der Waals surface area contributed by atoms with Crippen LogP contribution < -0.4 is 4.90 Å². The molecule has 3 heterocycles. The van der Waals surface area contributed by atoms with E-state index in [4.69, 9.17) is 11.6 Å². The molecule has 0 spiro atoms. The number of piperidine rings is 1. The smallest absolute Gasteiger partial charge is 0.298 e. The lowest BCUT2D eigenvalue weighted by Gasteiger charge is -2.33. The molecule has 1 atom stereocenters. The molecule has 0 bridgehead atoms. The van der Waals surface area contributed by atoms with Gasteiger partial charge in [-0.25, -0.2) is 4.90 Å². The van der Waals surface area contributed by atoms with Crippen LogP contribution in [-0.2, 0) is 16.1 Å². The van der Waals surface area contributed by atoms with Crippen LogP contribution in [0.3, 0.4) is 0 Å². The standard InChI is InChI=1S/C26H23BrClN3O3S/c1-16-4-2-3-11-30(16)24(32)15-29-14-17(21-13-18(27)5-10-22(21)29)12-23-25(33)31(26(34)35-23)20-8-6-19(28)7-9-20/h5-10,12-14,16H,2-4,11,15H2,1H3/b23-12-/t16-/m1/s1. The van der Waals surface area contributed by atoms with Crippen LogP contribution >= 0.6 is 39.3 Å². The summed E-state index contributed by atoms with van der Waals surface area (Å²) in [5.74, 6) is -0.289. The predicted molar refractivity (Wildman–Crippen MR) is 145 cm³/mol. The first-order valence-corrected chi connectivity index (χ1v) is 13.4. The van der Waals surface area contributed by atoms with Gasteiger partial charge in [-0.3, -0.25) is 14.4 Å². The minimum atomic E-state index is -0.378. The number of carbonyl (C=O) groups is 3. The molecule has 0 saturated carbocycles. The molecule has 5 rings (SSSR count). The van der Waals surface area contributed by atoms with Crippen LogP contribution in [0.25, 0.3) is 17.0 Å². The molecule has 6 nitrogen and oxygen atoms in total. The van der Waals surface area contributed by atoms with Gasteiger partial charge in [-0.1, -0.05) is 27.5 Å². The molecular weight excluding hydrogens is 550 g/mol. The fourth-order valence-electron chi connectivity index (χ4n) is 4.67. The van der Waals surface area contributed by atoms with Gasteiger partial charge in [0.15, 0.2) is 0 Å². The number of hydrogen-bond acceptors (Lipinski definition) is 4. The Morgan fingerprint density at radius 3 is 2.69 bits per heavy atom. The Morgan fingerprint density at radius 1 is 1.17 bits per heavy atom. The highest BCUT2D eigenvalue weighted by Crippen LogP contribution is 2.37. The SMILES string of the molecule is C[C@@H]1CCCCN1C(=O)Cn1cc(/C=C2\SC(=O)N(c3ccc(Cl)cc3)C2=O)c2cc(Br)ccc21. The van der Waals surface area contributed by atoms with Crippen LogP contribution in [0, 0.1) is 0 Å². The van der Waals surface area contributed by atoms with Crippen molar-refractivity contribution in [1.29, 1.82) is 0 Å². The number of rotatable bonds is 4. The Morgan fingerprint density at radius 2 is 1.94 bits per heavy atom. The lowest BCUT2D eigenvalue weighted by Crippen LogP contribution is -2.43. The highest BCUT2D eigenvalue weighted by Gasteiger charge is 2.36. The number of hydrogen-bond donors (Lipinski definition) is 0. The van der Waals surface area contributed by atoms with Crippen molar-refractivity contribution < 1.29 is 14.4 Å². The highest BCUT2D eigenvalue weighted by atomic mass is 79.9. The maximum absolute atomic E-state index is 13.1. The Hall–Kier alpha value is -2.55. The molecule has 0 unspecified atom stereocenters. The molecule has 2 aliphatic rings. The van der Waals surface area contributed by atoms with Gasteiger partial charge in [0.25, 0.3) is 11.1 Å². The number of fused-ring (bicyclic) bond motifs is 1. The molecule has 2 aromatic carbocycles. The topological polar surface area (TPSA) is 62.6 Å². The molecular formula is C26H23BrClN3O3S. The van der Waals surface area contributed by atoms with E-state index in [1.54, 1.807) is 30.3 Å². The first kappa shape index (κ1) is 24.2. The minimum absolute atomic E-state index is 0.0895. The number of benzene rings is 2. The van der Waals surface area contributed by atoms with Gasteiger partial charge in [0.05, 0.1) is 10.6 Å². The second-order valence-electron chi connectivity index (χ2n) is 8.80. The summed E-state index contributed by atoms with van der Waals surface area (Å²) < 4.78 is 2.82. The molecule has 9 heteroatoms. The molecule has 180 valence electrons. The van der Waals surface area contributed by atoms with E-state index in [9.17, 15) is 14.4 Å². The quantitative estimate of drug-likeness (QED) is 0.327. The van der Waals surface area contributed by atoms with Crippen molar-refractivity contribution >= 4 is 79.0 Å². The van der Waals surface area contributed by atoms with Crippen LogP contribution in [0.4, 0.5) is 10.5 Å². The van der Waals surface area contributed by atoms with Crippen molar-refractivity contribution in [3.63, 3.8) is 0 Å². The zero-order chi connectivity index (χ0) is 24.7. The Labute approximate surface area is 221 Å². The number of anilines is 1. The van der Waals surface area contributed by atoms with Crippen molar-refractivity contribution in [3.05, 3.63) is 68.6 Å². The van der Waals surface area contributed by atoms with E-state index in [1.807, 2.05) is 33.9 Å². The molecule has 2 fully saturated rings. The molecule has 3 amide bonds. The molecule has 2 saturated heterocycles. The minimum Gasteiger partial charge on any atom is -0.338 e. The zero-order valence-corrected chi connectivity index (χ0v) is 22.2. The second-order valence-corrected chi connectivity index (χ2v) is 11.1. The third-order valence-corrected chi connectivity index (χ3v) is 8.08. The van der Waals surface area contributed by atoms with Crippen LogP contribution in [0.2, 0.25) is 5.02 Å². The van der Waals surface area contributed by atoms with Crippen molar-refractivity contribution in [2.45, 2.75) is 38.8 Å². The average molecular weight is 573 g/mol. The van der Waals surface area contributed by atoms with Gasteiger partial charge in [0.2, 0.25) is 5.91 Å². The maximum Gasteiger partial charge on any atom is 0.298 e. The Bertz CT molecular complexity index is 1370. The number of nitrogens with zero attached hydrogens (tertiary/aromatic N) is 3. The van der Waals surface area contributed by atoms with Crippen molar-refractivity contribution in [1.82, 2.24) is 9.47 Å². The summed E-state index contributed by atoms with van der Waals surface area (Å²) >= 11 is 10.4. The molecule has 3 aromatic rings. The number of amides is 3. The summed E-state index contributed by atoms with van der Waals surface area (Å²) in [7, 11) is 0. The van der Waals surface area contributed by atoms with Crippen LogP contribution in [0.5, 0.6) is 0 Å². The number of likely N-dealkylation sites (tertiary alicyclic amines) is 1. The third kappa shape index (κ3) is 4.79. The van der Waals surface area contributed by atoms with E-state index < -0.39 is 0 Å². The number of thioether (sulfide) groups is 1.